The van der Waals surface area contributed by atoms with Crippen molar-refractivity contribution in [1.29, 1.82) is 0 Å². The molecule has 2 bridgehead atoms. The maximum absolute atomic E-state index is 14.3. The molecule has 2 saturated carbocycles. The van der Waals surface area contributed by atoms with Gasteiger partial charge in [0.05, 0.1) is 12.5 Å². The second-order valence-electron chi connectivity index (χ2n) is 11.6. The maximum Gasteiger partial charge on any atom is 0.175 e. The zero-order valence-corrected chi connectivity index (χ0v) is 21.2. The topological polar surface area (TPSA) is 48.0 Å². The molecule has 2 aromatic carbocycles. The van der Waals surface area contributed by atoms with E-state index >= 15 is 0 Å². The molecule has 1 saturated heterocycles. The summed E-state index contributed by atoms with van der Waals surface area (Å²) in [5.41, 5.74) is 2.38. The lowest BCUT2D eigenvalue weighted by Gasteiger charge is -2.63. The highest BCUT2D eigenvalue weighted by atomic mass is 16.6. The van der Waals surface area contributed by atoms with Gasteiger partial charge in [-0.1, -0.05) is 42.5 Å². The molecule has 36 heavy (non-hydrogen) atoms. The van der Waals surface area contributed by atoms with E-state index in [4.69, 9.17) is 14.2 Å². The van der Waals surface area contributed by atoms with E-state index in [1.54, 1.807) is 14.2 Å². The number of methoxy groups -OCH3 is 2. The van der Waals surface area contributed by atoms with Crippen molar-refractivity contribution in [2.75, 3.05) is 27.3 Å². The van der Waals surface area contributed by atoms with Gasteiger partial charge in [0.2, 0.25) is 0 Å². The molecule has 3 fully saturated rings. The van der Waals surface area contributed by atoms with Gasteiger partial charge >= 0.3 is 0 Å². The molecule has 2 heterocycles. The van der Waals surface area contributed by atoms with Gasteiger partial charge in [0, 0.05) is 36.2 Å². The monoisotopic (exact) mass is 485 g/mol. The van der Waals surface area contributed by atoms with Crippen LogP contribution >= 0.6 is 0 Å². The molecule has 7 rings (SSSR count). The van der Waals surface area contributed by atoms with Crippen LogP contribution in [-0.4, -0.2) is 56.2 Å². The third-order valence-electron chi connectivity index (χ3n) is 10.1. The number of piperidine rings is 1. The fourth-order valence-corrected chi connectivity index (χ4v) is 8.34. The molecule has 2 aromatic rings. The second kappa shape index (κ2) is 7.93. The quantitative estimate of drug-likeness (QED) is 0.416. The van der Waals surface area contributed by atoms with E-state index in [1.165, 1.54) is 30.5 Å². The highest BCUT2D eigenvalue weighted by Crippen LogP contribution is 2.67. The Bertz CT molecular complexity index is 1220. The standard InChI is InChI=1S/C31H35NO4/c1-4-30(27(33)20-8-6-5-7-9-20)17-22-23-16-21-12-13-24(34-2)26-25(21)31(22,29(36-26)28(30)35-3)14-15-32(23)18-19-10-11-19/h4-9,12-13,19,22-23,28-29H,1,10-11,14-18H2,2-3H3/t22?,23-,28?,29+,30+,31?/m1/s1. The molecule has 188 valence electrons. The number of hydrogen-bond acceptors (Lipinski definition) is 5. The normalized spacial score (nSPS) is 36.1. The Balaban J connectivity index is 1.42. The van der Waals surface area contributed by atoms with Gasteiger partial charge in [-0.3, -0.25) is 9.69 Å². The molecule has 1 spiro atoms. The molecule has 0 radical (unpaired) electrons. The van der Waals surface area contributed by atoms with E-state index < -0.39 is 11.5 Å². The summed E-state index contributed by atoms with van der Waals surface area (Å²) in [7, 11) is 3.44. The Labute approximate surface area is 213 Å². The Morgan fingerprint density at radius 3 is 2.69 bits per heavy atom. The first-order valence-corrected chi connectivity index (χ1v) is 13.4. The number of ketones is 1. The van der Waals surface area contributed by atoms with E-state index in [0.717, 1.165) is 43.2 Å². The molecular formula is C31H35NO4. The van der Waals surface area contributed by atoms with Crippen LogP contribution in [0.25, 0.3) is 0 Å². The predicted octanol–water partition coefficient (Wildman–Crippen LogP) is 4.82. The number of carbonyl (C=O) groups is 1. The van der Waals surface area contributed by atoms with Crippen molar-refractivity contribution in [2.24, 2.45) is 17.3 Å². The van der Waals surface area contributed by atoms with Crippen LogP contribution in [0.1, 0.15) is 47.2 Å². The first-order valence-electron chi connectivity index (χ1n) is 13.4. The van der Waals surface area contributed by atoms with Gasteiger partial charge in [-0.15, -0.1) is 6.58 Å². The van der Waals surface area contributed by atoms with Crippen molar-refractivity contribution in [3.8, 4) is 11.5 Å². The molecule has 0 aromatic heterocycles. The number of hydrogen-bond donors (Lipinski definition) is 0. The van der Waals surface area contributed by atoms with Crippen LogP contribution in [0, 0.1) is 17.3 Å². The first-order chi connectivity index (χ1) is 17.6. The van der Waals surface area contributed by atoms with E-state index in [2.05, 4.69) is 23.6 Å². The highest BCUT2D eigenvalue weighted by molar-refractivity contribution is 6.02. The first kappa shape index (κ1) is 22.6. The number of ether oxygens (including phenoxy) is 3. The predicted molar refractivity (Wildman–Crippen MR) is 138 cm³/mol. The molecule has 0 N–H and O–H groups in total. The van der Waals surface area contributed by atoms with Crippen LogP contribution in [-0.2, 0) is 16.6 Å². The average molecular weight is 486 g/mol. The Morgan fingerprint density at radius 2 is 2.00 bits per heavy atom. The van der Waals surface area contributed by atoms with Gasteiger partial charge in [-0.05, 0) is 62.1 Å². The molecule has 5 heteroatoms. The van der Waals surface area contributed by atoms with E-state index in [0.29, 0.717) is 11.6 Å². The summed E-state index contributed by atoms with van der Waals surface area (Å²) in [4.78, 5) is 17.1. The molecule has 5 aliphatic rings. The molecular weight excluding hydrogens is 450 g/mol. The zero-order chi connectivity index (χ0) is 24.7. The number of rotatable bonds is 7. The molecule has 3 aliphatic carbocycles. The van der Waals surface area contributed by atoms with E-state index in [-0.39, 0.29) is 23.2 Å². The van der Waals surface area contributed by atoms with Crippen molar-refractivity contribution in [1.82, 2.24) is 4.90 Å². The summed E-state index contributed by atoms with van der Waals surface area (Å²) in [5.74, 6) is 2.85. The van der Waals surface area contributed by atoms with Gasteiger partial charge in [-0.2, -0.15) is 0 Å². The van der Waals surface area contributed by atoms with Gasteiger partial charge in [0.15, 0.2) is 17.3 Å². The minimum Gasteiger partial charge on any atom is -0.493 e. The van der Waals surface area contributed by atoms with Crippen molar-refractivity contribution < 1.29 is 19.0 Å². The van der Waals surface area contributed by atoms with Crippen LogP contribution in [0.5, 0.6) is 11.5 Å². The van der Waals surface area contributed by atoms with E-state index in [9.17, 15) is 4.79 Å². The van der Waals surface area contributed by atoms with Crippen molar-refractivity contribution in [3.05, 3.63) is 71.8 Å². The van der Waals surface area contributed by atoms with Crippen molar-refractivity contribution in [3.63, 3.8) is 0 Å². The van der Waals surface area contributed by atoms with Crippen molar-refractivity contribution in [2.45, 2.75) is 55.8 Å². The molecule has 3 unspecified atom stereocenters. The Hall–Kier alpha value is -2.63. The smallest absolute Gasteiger partial charge is 0.175 e. The fraction of sp³-hybridized carbons (Fsp3) is 0.516. The zero-order valence-electron chi connectivity index (χ0n) is 21.2. The lowest BCUT2D eigenvalue weighted by atomic mass is 9.46. The number of carbonyl (C=O) groups excluding carboxylic acids is 1. The minimum absolute atomic E-state index is 0.0870. The molecule has 6 atom stereocenters. The number of benzene rings is 2. The largest absolute Gasteiger partial charge is 0.493 e. The lowest BCUT2D eigenvalue weighted by Crippen LogP contribution is -2.72. The third-order valence-corrected chi connectivity index (χ3v) is 10.1. The van der Waals surface area contributed by atoms with E-state index in [1.807, 2.05) is 36.4 Å². The lowest BCUT2D eigenvalue weighted by molar-refractivity contribution is -0.151. The summed E-state index contributed by atoms with van der Waals surface area (Å²) in [5, 5.41) is 0. The average Bonchev–Trinajstić information content (AvgIpc) is 3.67. The summed E-state index contributed by atoms with van der Waals surface area (Å²) in [6, 6.07) is 14.3. The van der Waals surface area contributed by atoms with Gasteiger partial charge in [-0.25, -0.2) is 0 Å². The highest BCUT2D eigenvalue weighted by Gasteiger charge is 2.71. The summed E-state index contributed by atoms with van der Waals surface area (Å²) >= 11 is 0. The van der Waals surface area contributed by atoms with Crippen LogP contribution in [0.3, 0.4) is 0 Å². The Kier molecular flexibility index (Phi) is 4.97. The third kappa shape index (κ3) is 2.82. The van der Waals surface area contributed by atoms with Crippen LogP contribution in [0.4, 0.5) is 0 Å². The molecule has 0 amide bonds. The SMILES string of the molecule is C=C[C@@]1(C(=O)c2ccccc2)CC2[C@H]3Cc4ccc(OC)c5c4C2(CCN3CC2CC2)[C@@H](O5)C1OC. The maximum atomic E-state index is 14.3. The molecule has 5 nitrogen and oxygen atoms in total. The summed E-state index contributed by atoms with van der Waals surface area (Å²) in [6.45, 7) is 6.49. The van der Waals surface area contributed by atoms with Gasteiger partial charge in [0.1, 0.15) is 12.2 Å². The van der Waals surface area contributed by atoms with Crippen LogP contribution in [0.2, 0.25) is 0 Å². The summed E-state index contributed by atoms with van der Waals surface area (Å²) < 4.78 is 19.0. The second-order valence-corrected chi connectivity index (χ2v) is 11.6. The summed E-state index contributed by atoms with van der Waals surface area (Å²) in [6.07, 6.45) is 6.61. The number of likely N-dealkylation sites (tertiary alicyclic amines) is 1. The van der Waals surface area contributed by atoms with Gasteiger partial charge in [0.25, 0.3) is 0 Å². The van der Waals surface area contributed by atoms with Crippen molar-refractivity contribution >= 4 is 5.78 Å². The fourth-order valence-electron chi connectivity index (χ4n) is 8.34. The number of nitrogens with zero attached hydrogens (tertiary/aromatic N) is 1. The Morgan fingerprint density at radius 1 is 1.19 bits per heavy atom. The van der Waals surface area contributed by atoms with Gasteiger partial charge < -0.3 is 14.2 Å². The van der Waals surface area contributed by atoms with Crippen LogP contribution in [0.15, 0.2) is 55.1 Å². The molecule has 2 aliphatic heterocycles. The minimum atomic E-state index is -0.859. The number of Topliss-reactive ketones (excluding diaryl/α,β-unsaturated/α-hetero) is 1. The van der Waals surface area contributed by atoms with Crippen LogP contribution < -0.4 is 9.47 Å².